The molecule has 0 aromatic rings. The summed E-state index contributed by atoms with van der Waals surface area (Å²) in [5.41, 5.74) is 0. The van der Waals surface area contributed by atoms with Gasteiger partial charge in [-0.2, -0.15) is 0 Å². The van der Waals surface area contributed by atoms with Gasteiger partial charge in [-0.05, 0) is 65.2 Å². The summed E-state index contributed by atoms with van der Waals surface area (Å²) in [6.07, 6.45) is 20.2. The van der Waals surface area contributed by atoms with Gasteiger partial charge in [0.05, 0.1) is 24.4 Å². The first kappa shape index (κ1) is 21.1. The molecule has 4 saturated carbocycles. The van der Waals surface area contributed by atoms with E-state index < -0.39 is 11.6 Å². The molecule has 0 unspecified atom stereocenters. The van der Waals surface area contributed by atoms with Crippen molar-refractivity contribution in [3.63, 3.8) is 0 Å². The van der Waals surface area contributed by atoms with Crippen LogP contribution in [0.2, 0.25) is 0 Å². The van der Waals surface area contributed by atoms with Crippen molar-refractivity contribution in [2.45, 2.75) is 153 Å². The second kappa shape index (κ2) is 9.32. The molecular weight excluding hydrogens is 352 g/mol. The molecule has 4 nitrogen and oxygen atoms in total. The molecule has 0 N–H and O–H groups in total. The van der Waals surface area contributed by atoms with Crippen LogP contribution < -0.4 is 0 Å². The van der Waals surface area contributed by atoms with Gasteiger partial charge in [0.2, 0.25) is 11.6 Å². The van der Waals surface area contributed by atoms with Crippen LogP contribution in [-0.4, -0.2) is 36.0 Å². The molecule has 0 spiro atoms. The second-order valence-corrected chi connectivity index (χ2v) is 9.99. The van der Waals surface area contributed by atoms with Crippen LogP contribution in [0, 0.1) is 0 Å². The predicted molar refractivity (Wildman–Crippen MR) is 110 cm³/mol. The van der Waals surface area contributed by atoms with Crippen LogP contribution in [0.15, 0.2) is 0 Å². The van der Waals surface area contributed by atoms with E-state index in [9.17, 15) is 0 Å². The van der Waals surface area contributed by atoms with Gasteiger partial charge in [0.1, 0.15) is 0 Å². The average molecular weight is 395 g/mol. The van der Waals surface area contributed by atoms with E-state index in [0.717, 1.165) is 51.4 Å². The van der Waals surface area contributed by atoms with Crippen LogP contribution in [0.1, 0.15) is 117 Å². The molecular formula is C24H42O4. The zero-order chi connectivity index (χ0) is 19.5. The summed E-state index contributed by atoms with van der Waals surface area (Å²) in [7, 11) is 0. The van der Waals surface area contributed by atoms with Crippen LogP contribution in [0.3, 0.4) is 0 Å². The molecule has 4 heteroatoms. The molecule has 0 aliphatic heterocycles. The van der Waals surface area contributed by atoms with Crippen LogP contribution >= 0.6 is 0 Å². The zero-order valence-electron chi connectivity index (χ0n) is 18.3. The van der Waals surface area contributed by atoms with Crippen molar-refractivity contribution in [3.05, 3.63) is 0 Å². The van der Waals surface area contributed by atoms with Gasteiger partial charge in [0, 0.05) is 0 Å². The number of hydrogen-bond acceptors (Lipinski definition) is 4. The lowest BCUT2D eigenvalue weighted by Crippen LogP contribution is -2.61. The summed E-state index contributed by atoms with van der Waals surface area (Å²) in [6.45, 7) is 4.24. The Morgan fingerprint density at radius 1 is 0.393 bits per heavy atom. The largest absolute Gasteiger partial charge is 0.342 e. The Labute approximate surface area is 172 Å². The van der Waals surface area contributed by atoms with E-state index in [-0.39, 0.29) is 24.4 Å². The predicted octanol–water partition coefficient (Wildman–Crippen LogP) is 6.26. The molecule has 0 amide bonds. The Balaban J connectivity index is 1.56. The topological polar surface area (TPSA) is 36.9 Å². The fourth-order valence-electron chi connectivity index (χ4n) is 5.78. The molecule has 162 valence electrons. The van der Waals surface area contributed by atoms with Gasteiger partial charge in [-0.25, -0.2) is 0 Å². The molecule has 4 rings (SSSR count). The Morgan fingerprint density at radius 2 is 0.571 bits per heavy atom. The maximum Gasteiger partial charge on any atom is 0.221 e. The summed E-state index contributed by atoms with van der Waals surface area (Å²) < 4.78 is 27.1. The maximum atomic E-state index is 6.77. The minimum atomic E-state index is -0.845. The van der Waals surface area contributed by atoms with Crippen molar-refractivity contribution >= 4 is 0 Å². The summed E-state index contributed by atoms with van der Waals surface area (Å²) in [6, 6.07) is 0. The molecule has 0 aromatic carbocycles. The normalized spacial score (nSPS) is 26.8. The summed E-state index contributed by atoms with van der Waals surface area (Å²) in [5, 5.41) is 0. The third-order valence-electron chi connectivity index (χ3n) is 7.60. The first-order chi connectivity index (χ1) is 13.6. The Kier molecular flexibility index (Phi) is 7.02. The minimum Gasteiger partial charge on any atom is -0.342 e. The molecule has 0 heterocycles. The van der Waals surface area contributed by atoms with Gasteiger partial charge in [-0.1, -0.05) is 51.4 Å². The van der Waals surface area contributed by atoms with E-state index in [1.807, 2.05) is 0 Å². The van der Waals surface area contributed by atoms with Crippen molar-refractivity contribution < 1.29 is 18.9 Å². The summed E-state index contributed by atoms with van der Waals surface area (Å²) >= 11 is 0. The molecule has 28 heavy (non-hydrogen) atoms. The van der Waals surface area contributed by atoms with Gasteiger partial charge >= 0.3 is 0 Å². The fourth-order valence-corrected chi connectivity index (χ4v) is 5.78. The van der Waals surface area contributed by atoms with E-state index in [4.69, 9.17) is 18.9 Å². The highest BCUT2D eigenvalue weighted by atomic mass is 16.8. The lowest BCUT2D eigenvalue weighted by Gasteiger charge is -2.49. The van der Waals surface area contributed by atoms with Crippen molar-refractivity contribution in [2.24, 2.45) is 0 Å². The molecule has 4 fully saturated rings. The van der Waals surface area contributed by atoms with Crippen molar-refractivity contribution in [1.82, 2.24) is 0 Å². The monoisotopic (exact) mass is 394 g/mol. The lowest BCUT2D eigenvalue weighted by atomic mass is 10.1. The maximum absolute atomic E-state index is 6.77. The van der Waals surface area contributed by atoms with Crippen molar-refractivity contribution in [3.8, 4) is 0 Å². The van der Waals surface area contributed by atoms with Crippen LogP contribution in [0.25, 0.3) is 0 Å². The van der Waals surface area contributed by atoms with E-state index in [1.54, 1.807) is 0 Å². The third kappa shape index (κ3) is 4.94. The molecule has 0 atom stereocenters. The lowest BCUT2D eigenvalue weighted by molar-refractivity contribution is -0.428. The summed E-state index contributed by atoms with van der Waals surface area (Å²) in [5.74, 6) is -1.69. The van der Waals surface area contributed by atoms with E-state index >= 15 is 0 Å². The SMILES string of the molecule is CC(OC1CCCC1)(OC1CCCC1)C(C)(OC1CCCC1)OC1CCCC1. The molecule has 0 saturated heterocycles. The highest BCUT2D eigenvalue weighted by molar-refractivity contribution is 4.90. The standard InChI is InChI=1S/C24H42O4/c1-23(25-19-11-3-4-12-19,26-20-13-5-6-14-20)24(2,27-21-15-7-8-16-21)28-22-17-9-10-18-22/h19-22H,3-18H2,1-2H3. The quantitative estimate of drug-likeness (QED) is 0.433. The zero-order valence-corrected chi connectivity index (χ0v) is 18.3. The van der Waals surface area contributed by atoms with Gasteiger partial charge < -0.3 is 18.9 Å². The van der Waals surface area contributed by atoms with Crippen molar-refractivity contribution in [1.29, 1.82) is 0 Å². The van der Waals surface area contributed by atoms with Gasteiger partial charge in [-0.3, -0.25) is 0 Å². The Bertz CT molecular complexity index is 389. The fraction of sp³-hybridized carbons (Fsp3) is 1.00. The third-order valence-corrected chi connectivity index (χ3v) is 7.60. The first-order valence-electron chi connectivity index (χ1n) is 12.3. The Hall–Kier alpha value is -0.160. The molecule has 0 aromatic heterocycles. The van der Waals surface area contributed by atoms with E-state index in [1.165, 1.54) is 51.4 Å². The summed E-state index contributed by atoms with van der Waals surface area (Å²) in [4.78, 5) is 0. The molecule has 4 aliphatic carbocycles. The van der Waals surface area contributed by atoms with Crippen molar-refractivity contribution in [2.75, 3.05) is 0 Å². The first-order valence-corrected chi connectivity index (χ1v) is 12.3. The Morgan fingerprint density at radius 3 is 0.750 bits per heavy atom. The van der Waals surface area contributed by atoms with Gasteiger partial charge in [0.25, 0.3) is 0 Å². The number of ether oxygens (including phenoxy) is 4. The molecule has 0 bridgehead atoms. The highest BCUT2D eigenvalue weighted by Crippen LogP contribution is 2.43. The van der Waals surface area contributed by atoms with E-state index in [0.29, 0.717) is 0 Å². The van der Waals surface area contributed by atoms with E-state index in [2.05, 4.69) is 13.8 Å². The smallest absolute Gasteiger partial charge is 0.221 e. The highest BCUT2D eigenvalue weighted by Gasteiger charge is 2.55. The number of hydrogen-bond donors (Lipinski definition) is 0. The molecule has 4 aliphatic rings. The average Bonchev–Trinajstić information content (AvgIpc) is 3.44. The number of rotatable bonds is 9. The van der Waals surface area contributed by atoms with Crippen LogP contribution in [0.5, 0.6) is 0 Å². The van der Waals surface area contributed by atoms with Gasteiger partial charge in [-0.15, -0.1) is 0 Å². The van der Waals surface area contributed by atoms with Crippen LogP contribution in [0.4, 0.5) is 0 Å². The van der Waals surface area contributed by atoms with Crippen LogP contribution in [-0.2, 0) is 18.9 Å². The van der Waals surface area contributed by atoms with Gasteiger partial charge in [0.15, 0.2) is 0 Å². The molecule has 0 radical (unpaired) electrons. The second-order valence-electron chi connectivity index (χ2n) is 9.99. The minimum absolute atomic E-state index is 0.269.